The predicted octanol–water partition coefficient (Wildman–Crippen LogP) is 4.75. The lowest BCUT2D eigenvalue weighted by Gasteiger charge is -2.34. The minimum atomic E-state index is -0.556. The molecule has 2 fully saturated rings. The molecule has 3 N–H and O–H groups in total. The first kappa shape index (κ1) is 22.1. The molecule has 2 saturated heterocycles. The number of piperazine rings is 1. The largest absolute Gasteiger partial charge is 0.467 e. The van der Waals surface area contributed by atoms with E-state index in [0.29, 0.717) is 45.5 Å². The molecule has 4 heterocycles. The molecule has 0 amide bonds. The number of hydrogen-bond donors (Lipinski definition) is 2. The maximum atomic E-state index is 16.5. The number of halogens is 2. The summed E-state index contributed by atoms with van der Waals surface area (Å²) in [4.78, 5) is 15.5. The first-order valence-electron chi connectivity index (χ1n) is 11.4. The summed E-state index contributed by atoms with van der Waals surface area (Å²) < 4.78 is 36.6. The number of fused-ring (bicyclic) bond motifs is 4. The number of rotatable bonds is 4. The normalized spacial score (nSPS) is 19.6. The van der Waals surface area contributed by atoms with Gasteiger partial charge in [0.05, 0.1) is 17.3 Å². The summed E-state index contributed by atoms with van der Waals surface area (Å²) in [6, 6.07) is 5.55. The second-order valence-corrected chi connectivity index (χ2v) is 10.2. The fourth-order valence-corrected chi connectivity index (χ4v) is 6.05. The van der Waals surface area contributed by atoms with Crippen LogP contribution in [0.5, 0.6) is 6.01 Å². The van der Waals surface area contributed by atoms with Crippen LogP contribution in [0, 0.1) is 11.6 Å². The van der Waals surface area contributed by atoms with Crippen molar-refractivity contribution in [2.75, 3.05) is 30.8 Å². The molecule has 2 bridgehead atoms. The highest BCUT2D eigenvalue weighted by Gasteiger charge is 2.34. The molecule has 35 heavy (non-hydrogen) atoms. The Hall–Kier alpha value is -3.37. The van der Waals surface area contributed by atoms with Crippen molar-refractivity contribution in [3.05, 3.63) is 42.0 Å². The Morgan fingerprint density at radius 3 is 2.60 bits per heavy atom. The second-order valence-electron chi connectivity index (χ2n) is 9.19. The van der Waals surface area contributed by atoms with Crippen LogP contribution in [0.2, 0.25) is 0 Å². The molecule has 2 atom stereocenters. The number of nitrogens with zero attached hydrogens (tertiary/aromatic N) is 4. The Bertz CT molecular complexity index is 1510. The van der Waals surface area contributed by atoms with E-state index in [1.165, 1.54) is 19.2 Å². The van der Waals surface area contributed by atoms with Gasteiger partial charge >= 0.3 is 6.01 Å². The summed E-state index contributed by atoms with van der Waals surface area (Å²) in [6.07, 6.45) is 2.21. The van der Waals surface area contributed by atoms with Gasteiger partial charge in [0.2, 0.25) is 0 Å². The third kappa shape index (κ3) is 3.51. The van der Waals surface area contributed by atoms with Crippen molar-refractivity contribution in [3.8, 4) is 17.1 Å². The van der Waals surface area contributed by atoms with Crippen LogP contribution in [0.3, 0.4) is 0 Å². The van der Waals surface area contributed by atoms with Gasteiger partial charge in [0.15, 0.2) is 10.9 Å². The Balaban J connectivity index is 1.64. The second kappa shape index (κ2) is 8.10. The molecule has 6 rings (SSSR count). The molecule has 180 valence electrons. The van der Waals surface area contributed by atoms with E-state index in [-0.39, 0.29) is 26.9 Å². The van der Waals surface area contributed by atoms with E-state index < -0.39 is 11.6 Å². The van der Waals surface area contributed by atoms with E-state index in [0.717, 1.165) is 37.3 Å². The zero-order valence-corrected chi connectivity index (χ0v) is 20.2. The van der Waals surface area contributed by atoms with E-state index in [9.17, 15) is 4.39 Å². The fourth-order valence-electron chi connectivity index (χ4n) is 5.29. The topological polar surface area (TPSA) is 89.2 Å². The zero-order chi connectivity index (χ0) is 24.4. The number of benzene rings is 2. The van der Waals surface area contributed by atoms with E-state index >= 15 is 4.39 Å². The number of allylic oxidation sites excluding steroid dienone is 1. The molecule has 2 unspecified atom stereocenters. The molecule has 0 radical (unpaired) electrons. The number of thiazole rings is 1. The summed E-state index contributed by atoms with van der Waals surface area (Å²) in [5, 5.41) is 4.41. The maximum Gasteiger partial charge on any atom is 0.318 e. The van der Waals surface area contributed by atoms with Crippen molar-refractivity contribution in [2.24, 2.45) is 0 Å². The molecule has 0 aliphatic carbocycles. The molecular weight excluding hydrogens is 470 g/mol. The molecule has 2 aromatic carbocycles. The number of methoxy groups -OCH3 is 1. The molecule has 7 nitrogen and oxygen atoms in total. The molecule has 4 aromatic rings. The smallest absolute Gasteiger partial charge is 0.318 e. The van der Waals surface area contributed by atoms with Gasteiger partial charge < -0.3 is 20.7 Å². The van der Waals surface area contributed by atoms with Gasteiger partial charge in [-0.3, -0.25) is 0 Å². The van der Waals surface area contributed by atoms with Crippen LogP contribution >= 0.6 is 11.3 Å². The number of aromatic nitrogens is 3. The van der Waals surface area contributed by atoms with Gasteiger partial charge in [-0.25, -0.2) is 13.8 Å². The van der Waals surface area contributed by atoms with Crippen molar-refractivity contribution < 1.29 is 13.5 Å². The quantitative estimate of drug-likeness (QED) is 0.423. The highest BCUT2D eigenvalue weighted by atomic mass is 32.1. The fraction of sp³-hybridized carbons (Fsp3) is 0.320. The van der Waals surface area contributed by atoms with Crippen LogP contribution in [0.25, 0.3) is 37.8 Å². The van der Waals surface area contributed by atoms with Crippen molar-refractivity contribution in [1.29, 1.82) is 0 Å². The molecule has 0 saturated carbocycles. The van der Waals surface area contributed by atoms with Gasteiger partial charge in [0.1, 0.15) is 17.2 Å². The van der Waals surface area contributed by atoms with Gasteiger partial charge in [-0.2, -0.15) is 9.97 Å². The van der Waals surface area contributed by atoms with Gasteiger partial charge in [-0.05, 0) is 43.5 Å². The van der Waals surface area contributed by atoms with Crippen LogP contribution < -0.4 is 20.7 Å². The van der Waals surface area contributed by atoms with Crippen LogP contribution in [0.4, 0.5) is 19.7 Å². The maximum absolute atomic E-state index is 16.5. The van der Waals surface area contributed by atoms with Crippen LogP contribution in [0.1, 0.15) is 25.3 Å². The summed E-state index contributed by atoms with van der Waals surface area (Å²) in [6.45, 7) is 7.46. The third-order valence-corrected chi connectivity index (χ3v) is 7.72. The van der Waals surface area contributed by atoms with Crippen molar-refractivity contribution in [1.82, 2.24) is 20.3 Å². The lowest BCUT2D eigenvalue weighted by molar-refractivity contribution is 0.380. The van der Waals surface area contributed by atoms with Crippen molar-refractivity contribution in [2.45, 2.75) is 31.8 Å². The number of hydrogen-bond acceptors (Lipinski definition) is 8. The predicted molar refractivity (Wildman–Crippen MR) is 136 cm³/mol. The van der Waals surface area contributed by atoms with Crippen molar-refractivity contribution in [3.63, 3.8) is 0 Å². The molecule has 2 aliphatic heterocycles. The Labute approximate surface area is 204 Å². The minimum absolute atomic E-state index is 0.0912. The summed E-state index contributed by atoms with van der Waals surface area (Å²) in [5.41, 5.74) is 8.27. The number of nitrogens with two attached hydrogens (primary N) is 1. The standard InChI is InChI=1S/C25H24F2N6OS/c1-11(2)15-8-16-20(19(27)18(15)14-6-7-17(26)22-21(14)30-24(28)35-22)31-25(34-3)32-23(16)33-9-12-4-5-13(10-33)29-12/h6-8,12-13,29H,1,4-5,9-10H2,2-3H3,(H2,28,30). The van der Waals surface area contributed by atoms with Gasteiger partial charge in [0, 0.05) is 41.7 Å². The molecule has 2 aliphatic rings. The average molecular weight is 495 g/mol. The van der Waals surface area contributed by atoms with E-state index in [1.54, 1.807) is 0 Å². The van der Waals surface area contributed by atoms with Gasteiger partial charge in [-0.1, -0.05) is 23.5 Å². The minimum Gasteiger partial charge on any atom is -0.467 e. The number of nitrogen functional groups attached to an aromatic ring is 1. The Morgan fingerprint density at radius 2 is 1.91 bits per heavy atom. The van der Waals surface area contributed by atoms with Crippen LogP contribution in [-0.4, -0.2) is 47.2 Å². The van der Waals surface area contributed by atoms with E-state index in [1.807, 2.05) is 13.0 Å². The monoisotopic (exact) mass is 494 g/mol. The van der Waals surface area contributed by atoms with E-state index in [4.69, 9.17) is 10.5 Å². The lowest BCUT2D eigenvalue weighted by Crippen LogP contribution is -2.51. The number of anilines is 2. The highest BCUT2D eigenvalue weighted by molar-refractivity contribution is 7.22. The summed E-state index contributed by atoms with van der Waals surface area (Å²) >= 11 is 1.03. The average Bonchev–Trinajstić information content (AvgIpc) is 3.40. The molecule has 2 aromatic heterocycles. The summed E-state index contributed by atoms with van der Waals surface area (Å²) in [7, 11) is 1.47. The first-order valence-corrected chi connectivity index (χ1v) is 12.3. The SMILES string of the molecule is C=C(C)c1cc2c(N3CC4CCC(C3)N4)nc(OC)nc2c(F)c1-c1ccc(F)c2sc(N)nc12. The lowest BCUT2D eigenvalue weighted by atomic mass is 9.92. The van der Waals surface area contributed by atoms with Gasteiger partial charge in [0.25, 0.3) is 0 Å². The Kier molecular flexibility index (Phi) is 5.12. The van der Waals surface area contributed by atoms with Crippen LogP contribution in [0.15, 0.2) is 24.8 Å². The Morgan fingerprint density at radius 1 is 1.17 bits per heavy atom. The van der Waals surface area contributed by atoms with Crippen LogP contribution in [-0.2, 0) is 0 Å². The number of nitrogens with one attached hydrogen (secondary N) is 1. The highest BCUT2D eigenvalue weighted by Crippen LogP contribution is 2.43. The van der Waals surface area contributed by atoms with Crippen molar-refractivity contribution >= 4 is 49.0 Å². The molecule has 0 spiro atoms. The number of ether oxygens (including phenoxy) is 1. The van der Waals surface area contributed by atoms with Gasteiger partial charge in [-0.15, -0.1) is 0 Å². The molecule has 10 heteroatoms. The summed E-state index contributed by atoms with van der Waals surface area (Å²) in [5.74, 6) is -0.365. The molecular formula is C25H24F2N6OS. The zero-order valence-electron chi connectivity index (χ0n) is 19.4. The first-order chi connectivity index (χ1) is 16.8. The van der Waals surface area contributed by atoms with E-state index in [2.05, 4.69) is 31.7 Å². The third-order valence-electron chi connectivity index (χ3n) is 6.83.